The highest BCUT2D eigenvalue weighted by atomic mass is 31.2. The fourth-order valence-corrected chi connectivity index (χ4v) is 8.01. The summed E-state index contributed by atoms with van der Waals surface area (Å²) in [5.74, 6) is -0.286. The second kappa shape index (κ2) is 38.4. The zero-order chi connectivity index (χ0) is 46.4. The molecule has 63 heavy (non-hydrogen) atoms. The summed E-state index contributed by atoms with van der Waals surface area (Å²) in [6.07, 6.45) is 38.7. The maximum absolute atomic E-state index is 12.8. The maximum Gasteiger partial charge on any atom is 0.472 e. The molecule has 1 rings (SSSR count). The van der Waals surface area contributed by atoms with Gasteiger partial charge in [-0.15, -0.1) is 0 Å². The summed E-state index contributed by atoms with van der Waals surface area (Å²) in [6.45, 7) is 4.01. The first-order valence-corrected chi connectivity index (χ1v) is 27.2. The van der Waals surface area contributed by atoms with E-state index in [9.17, 15) is 28.7 Å². The molecule has 3 unspecified atom stereocenters. The van der Waals surface area contributed by atoms with Crippen molar-refractivity contribution in [1.82, 2.24) is 0 Å². The van der Waals surface area contributed by atoms with Crippen molar-refractivity contribution in [3.63, 3.8) is 0 Å². The molecule has 1 heterocycles. The fraction of sp³-hybridized carbons (Fsp3) is 0.830. The average Bonchev–Trinajstić information content (AvgIpc) is 3.99. The van der Waals surface area contributed by atoms with E-state index in [1.165, 1.54) is 96.3 Å². The van der Waals surface area contributed by atoms with Gasteiger partial charge >= 0.3 is 27.6 Å². The van der Waals surface area contributed by atoms with Gasteiger partial charge in [-0.1, -0.05) is 166 Å². The topological polar surface area (TPSA) is 208 Å². The Hall–Kier alpha value is -1.70. The molecule has 0 amide bonds. The number of hydrogen-bond donors (Lipinski definition) is 4. The van der Waals surface area contributed by atoms with Crippen LogP contribution in [0.15, 0.2) is 36.5 Å². The number of hydrogen-bond acceptors (Lipinski definition) is 11. The second-order valence-corrected chi connectivity index (χ2v) is 19.9. The van der Waals surface area contributed by atoms with Gasteiger partial charge in [0.15, 0.2) is 6.10 Å². The molecule has 0 aliphatic carbocycles. The van der Waals surface area contributed by atoms with Crippen LogP contribution in [-0.2, 0) is 46.5 Å². The highest BCUT2D eigenvalue weighted by Crippen LogP contribution is 2.44. The lowest BCUT2D eigenvalue weighted by atomic mass is 10.0. The number of esters is 2. The molecule has 0 aromatic carbocycles. The summed E-state index contributed by atoms with van der Waals surface area (Å²) in [6, 6.07) is 0. The van der Waals surface area contributed by atoms with Crippen molar-refractivity contribution >= 4 is 27.6 Å². The van der Waals surface area contributed by atoms with Gasteiger partial charge in [0, 0.05) is 12.8 Å². The van der Waals surface area contributed by atoms with Crippen molar-refractivity contribution in [2.45, 2.75) is 219 Å². The van der Waals surface area contributed by atoms with Crippen LogP contribution in [0, 0.1) is 5.92 Å². The van der Waals surface area contributed by atoms with Crippen molar-refractivity contribution < 1.29 is 66.3 Å². The lowest BCUT2D eigenvalue weighted by Gasteiger charge is -2.20. The van der Waals surface area contributed by atoms with Crippen LogP contribution in [0.4, 0.5) is 0 Å². The molecule has 1 aliphatic heterocycles. The largest absolute Gasteiger partial charge is 0.472 e. The van der Waals surface area contributed by atoms with Crippen LogP contribution in [0.5, 0.6) is 0 Å². The van der Waals surface area contributed by atoms with Gasteiger partial charge in [0.2, 0.25) is 0 Å². The number of carbonyl (C=O) groups excluding carboxylic acids is 2. The Morgan fingerprint density at radius 2 is 1.13 bits per heavy atom. The summed E-state index contributed by atoms with van der Waals surface area (Å²) >= 11 is 0. The maximum atomic E-state index is 12.8. The molecule has 1 aliphatic rings. The highest BCUT2D eigenvalue weighted by molar-refractivity contribution is 7.47. The molecule has 0 radical (unpaired) electrons. The Balaban J connectivity index is 2.36. The zero-order valence-corrected chi connectivity index (χ0v) is 40.8. The number of allylic oxidation sites excluding steroid dienone is 5. The van der Waals surface area contributed by atoms with Crippen LogP contribution < -0.4 is 0 Å². The van der Waals surface area contributed by atoms with Crippen molar-refractivity contribution in [3.05, 3.63) is 36.5 Å². The Labute approximate surface area is 380 Å². The van der Waals surface area contributed by atoms with Gasteiger partial charge in [-0.2, -0.15) is 0 Å². The minimum absolute atomic E-state index is 0.0442. The Kier molecular flexibility index (Phi) is 36.2. The van der Waals surface area contributed by atoms with Crippen molar-refractivity contribution in [2.24, 2.45) is 5.92 Å². The van der Waals surface area contributed by atoms with E-state index in [0.29, 0.717) is 19.3 Å². The van der Waals surface area contributed by atoms with Gasteiger partial charge < -0.3 is 34.0 Å². The molecular formula is C47H86O14P2. The van der Waals surface area contributed by atoms with E-state index in [2.05, 4.69) is 61.8 Å². The van der Waals surface area contributed by atoms with Crippen LogP contribution in [0.2, 0.25) is 0 Å². The summed E-state index contributed by atoms with van der Waals surface area (Å²) in [5, 5.41) is 9.78. The predicted octanol–water partition coefficient (Wildman–Crippen LogP) is 11.7. The van der Waals surface area contributed by atoms with E-state index in [1.54, 1.807) is 0 Å². The minimum Gasteiger partial charge on any atom is -0.462 e. The SMILES string of the molecule is CCCCC/C=C\C/C=C\C/C=C\CC1OC1CCCC(=O)O[C@H](COC(=O)CCCCCCCCCCCCCCCCCC(C)C)COP(=O)(O)OC[C@@H](O)COP(=O)(O)O. The smallest absolute Gasteiger partial charge is 0.462 e. The molecule has 0 bridgehead atoms. The zero-order valence-electron chi connectivity index (χ0n) is 39.0. The second-order valence-electron chi connectivity index (χ2n) is 17.3. The van der Waals surface area contributed by atoms with Crippen molar-refractivity contribution in [2.75, 3.05) is 26.4 Å². The average molecular weight is 937 g/mol. The Morgan fingerprint density at radius 1 is 0.603 bits per heavy atom. The molecule has 0 aromatic heterocycles. The highest BCUT2D eigenvalue weighted by Gasteiger charge is 2.37. The third-order valence-electron chi connectivity index (χ3n) is 10.6. The van der Waals surface area contributed by atoms with Gasteiger partial charge in [-0.05, 0) is 57.3 Å². The number of phosphoric acid groups is 2. The molecule has 16 heteroatoms. The van der Waals surface area contributed by atoms with E-state index >= 15 is 0 Å². The molecule has 0 spiro atoms. The number of unbranched alkanes of at least 4 members (excludes halogenated alkanes) is 17. The lowest BCUT2D eigenvalue weighted by Crippen LogP contribution is -2.30. The summed E-state index contributed by atoms with van der Waals surface area (Å²) in [7, 11) is -9.71. The summed E-state index contributed by atoms with van der Waals surface area (Å²) in [5.41, 5.74) is 0. The molecule has 0 saturated carbocycles. The number of aliphatic hydroxyl groups excluding tert-OH is 1. The standard InChI is InChI=1S/C47H86O14P2/c1-4-5-6-7-8-9-10-17-20-23-26-29-33-44-45(61-44)34-31-36-47(50)60-43(40-59-63(54,55)58-38-42(48)37-57-62(51,52)53)39-56-46(49)35-30-27-24-21-18-15-13-11-12-14-16-19-22-25-28-32-41(2)3/h8-9,17,20,26,29,41-45,48H,4-7,10-16,18-19,21-25,27-28,30-40H2,1-3H3,(H,54,55)(H2,51,52,53)/b9-8-,20-17-,29-26-/t42-,43+,44?,45?/m0/s1. The molecule has 5 atom stereocenters. The third kappa shape index (κ3) is 40.3. The predicted molar refractivity (Wildman–Crippen MR) is 248 cm³/mol. The summed E-state index contributed by atoms with van der Waals surface area (Å²) in [4.78, 5) is 53.0. The number of carbonyl (C=O) groups is 2. The quantitative estimate of drug-likeness (QED) is 0.0147. The molecule has 1 fully saturated rings. The van der Waals surface area contributed by atoms with Crippen LogP contribution in [-0.4, -0.2) is 82.6 Å². The molecule has 368 valence electrons. The fourth-order valence-electron chi connectivity index (χ4n) is 6.86. The van der Waals surface area contributed by atoms with E-state index in [0.717, 1.165) is 50.9 Å². The number of phosphoric ester groups is 2. The van der Waals surface area contributed by atoms with E-state index in [1.807, 2.05) is 0 Å². The number of aliphatic hydroxyl groups is 1. The van der Waals surface area contributed by atoms with E-state index < -0.39 is 66.2 Å². The number of rotatable bonds is 44. The van der Waals surface area contributed by atoms with Gasteiger partial charge in [0.05, 0.1) is 32.0 Å². The minimum atomic E-state index is -4.87. The third-order valence-corrected chi connectivity index (χ3v) is 12.1. The number of ether oxygens (including phenoxy) is 3. The van der Waals surface area contributed by atoms with Gasteiger partial charge in [0.1, 0.15) is 12.7 Å². The Morgan fingerprint density at radius 3 is 1.71 bits per heavy atom. The molecule has 1 saturated heterocycles. The van der Waals surface area contributed by atoms with E-state index in [-0.39, 0.29) is 25.0 Å². The van der Waals surface area contributed by atoms with Crippen molar-refractivity contribution in [3.8, 4) is 0 Å². The first-order chi connectivity index (χ1) is 30.2. The van der Waals surface area contributed by atoms with Gasteiger partial charge in [-0.25, -0.2) is 9.13 Å². The lowest BCUT2D eigenvalue weighted by molar-refractivity contribution is -0.161. The Bertz CT molecular complexity index is 1330. The number of epoxide rings is 1. The van der Waals surface area contributed by atoms with Crippen LogP contribution in [0.3, 0.4) is 0 Å². The normalized spacial score (nSPS) is 17.5. The first-order valence-electron chi connectivity index (χ1n) is 24.2. The summed E-state index contributed by atoms with van der Waals surface area (Å²) < 4.78 is 53.7. The van der Waals surface area contributed by atoms with E-state index in [4.69, 9.17) is 33.0 Å². The first kappa shape index (κ1) is 59.3. The van der Waals surface area contributed by atoms with Gasteiger partial charge in [0.25, 0.3) is 0 Å². The molecule has 0 aromatic rings. The van der Waals surface area contributed by atoms with Crippen molar-refractivity contribution in [1.29, 1.82) is 0 Å². The molecule has 4 N–H and O–H groups in total. The molecular weight excluding hydrogens is 850 g/mol. The van der Waals surface area contributed by atoms with Gasteiger partial charge in [-0.3, -0.25) is 23.2 Å². The monoisotopic (exact) mass is 937 g/mol. The van der Waals surface area contributed by atoms with Crippen LogP contribution >= 0.6 is 15.6 Å². The van der Waals surface area contributed by atoms with Crippen LogP contribution in [0.1, 0.15) is 194 Å². The van der Waals surface area contributed by atoms with Crippen LogP contribution in [0.25, 0.3) is 0 Å². The molecule has 14 nitrogen and oxygen atoms in total.